The van der Waals surface area contributed by atoms with Crippen molar-refractivity contribution in [3.8, 4) is 11.5 Å². The SMILES string of the molecule is COc1cc(C)c(S(=O)(=O)N2CCn3cccc3C2COCC(=O)N2CCC3(CC2)CCN(c2ccncc2)C3)c(C)c1.COc1cc(C)c(S(=O)(=O)N2CCn3cccc3C2COCC(=O)O)c(C)c1.c1cc(N2CCC3(CCNCC3)C2)ccn1. The summed E-state index contributed by atoms with van der Waals surface area (Å²) < 4.78 is 84.2. The van der Waals surface area contributed by atoms with Crippen LogP contribution in [0.15, 0.2) is 120 Å². The van der Waals surface area contributed by atoms with Crippen molar-refractivity contribution in [3.63, 3.8) is 0 Å². The van der Waals surface area contributed by atoms with Crippen LogP contribution in [-0.2, 0) is 52.2 Å². The van der Waals surface area contributed by atoms with Gasteiger partial charge >= 0.3 is 5.97 Å². The number of carboxylic acids is 1. The smallest absolute Gasteiger partial charge is 0.329 e. The van der Waals surface area contributed by atoms with Crippen LogP contribution in [0, 0.1) is 38.5 Å². The topological polar surface area (TPSA) is 223 Å². The number of nitrogens with one attached hydrogen (secondary N) is 1. The van der Waals surface area contributed by atoms with Crippen LogP contribution in [0.5, 0.6) is 11.5 Å². The van der Waals surface area contributed by atoms with Gasteiger partial charge in [0.15, 0.2) is 0 Å². The second-order valence-corrected chi connectivity index (χ2v) is 27.7. The van der Waals surface area contributed by atoms with Crippen molar-refractivity contribution in [2.75, 3.05) is 116 Å². The Balaban J connectivity index is 0.000000162. The molecule has 2 atom stereocenters. The monoisotopic (exact) mass is 1230 g/mol. The van der Waals surface area contributed by atoms with Gasteiger partial charge in [-0.25, -0.2) is 21.6 Å². The van der Waals surface area contributed by atoms with Crippen molar-refractivity contribution in [2.45, 2.75) is 101 Å². The van der Waals surface area contributed by atoms with Gasteiger partial charge in [-0.3, -0.25) is 14.8 Å². The third-order valence-electron chi connectivity index (χ3n) is 18.5. The summed E-state index contributed by atoms with van der Waals surface area (Å²) in [6.45, 7) is 16.6. The standard InChI is InChI=1S/C32H41N5O5S.C19H24N2O6S.C13H19N3/c1-24-19-27(41-3)20-25(2)31(24)43(39,40)37-18-17-34-13-4-5-28(34)29(37)21-42-22-30(38)35-14-8-32(9-15-35)10-16-36(23-32)26-6-11-33-12-7-26;1-13-9-15(26-3)10-14(2)19(13)28(24,25)21-8-7-20-6-4-5-16(20)17(21)11-27-12-18(22)23;1-6-14-7-2-12(1)16-10-5-13(11-16)3-8-15-9-4-13/h4-7,11-13,19-20,29H,8-10,14-18,21-23H2,1-3H3;4-6,9-10,17H,7-8,11-12H2,1-3H3,(H,22,23);1-2,6-7,15H,3-5,8-11H2. The van der Waals surface area contributed by atoms with Crippen molar-refractivity contribution < 1.29 is 50.5 Å². The molecule has 4 fully saturated rings. The number of ether oxygens (including phenoxy) is 4. The molecule has 21 nitrogen and oxygen atoms in total. The van der Waals surface area contributed by atoms with E-state index in [1.54, 1.807) is 59.1 Å². The number of fused-ring (bicyclic) bond motifs is 2. The molecular weight excluding hydrogens is 1150 g/mol. The number of piperidine rings is 2. The summed E-state index contributed by atoms with van der Waals surface area (Å²) in [5.41, 5.74) is 7.51. The summed E-state index contributed by atoms with van der Waals surface area (Å²) >= 11 is 0. The number of sulfonamides is 2. The van der Waals surface area contributed by atoms with E-state index in [-0.39, 0.29) is 42.6 Å². The molecule has 4 saturated heterocycles. The summed E-state index contributed by atoms with van der Waals surface area (Å²) in [5.74, 6) is 0.0917. The predicted molar refractivity (Wildman–Crippen MR) is 331 cm³/mol. The number of hydrogen-bond donors (Lipinski definition) is 2. The molecule has 4 aromatic heterocycles. The minimum absolute atomic E-state index is 0.0379. The maximum Gasteiger partial charge on any atom is 0.329 e. The normalized spacial score (nSPS) is 20.0. The zero-order valence-corrected chi connectivity index (χ0v) is 52.6. The molecule has 2 spiro atoms. The van der Waals surface area contributed by atoms with Crippen molar-refractivity contribution in [1.82, 2.24) is 37.9 Å². The first-order valence-electron chi connectivity index (χ1n) is 30.1. The number of carbonyl (C=O) groups excluding carboxylic acids is 1. The molecule has 468 valence electrons. The van der Waals surface area contributed by atoms with E-state index in [9.17, 15) is 26.4 Å². The third kappa shape index (κ3) is 14.0. The van der Waals surface area contributed by atoms with Gasteiger partial charge in [0.05, 0.1) is 49.3 Å². The average Bonchev–Trinajstić information content (AvgIpc) is 1.93. The average molecular weight is 1230 g/mol. The molecule has 2 N–H and O–H groups in total. The van der Waals surface area contributed by atoms with Crippen LogP contribution < -0.4 is 24.6 Å². The molecule has 12 rings (SSSR count). The predicted octanol–water partition coefficient (Wildman–Crippen LogP) is 7.41. The number of carbonyl (C=O) groups is 2. The summed E-state index contributed by atoms with van der Waals surface area (Å²) in [7, 11) is -4.56. The number of aliphatic carboxylic acids is 1. The Bertz CT molecular complexity index is 3520. The molecule has 23 heteroatoms. The second-order valence-electron chi connectivity index (χ2n) is 24.0. The van der Waals surface area contributed by atoms with E-state index in [4.69, 9.17) is 24.1 Å². The molecule has 1 amide bonds. The van der Waals surface area contributed by atoms with Gasteiger partial charge in [0.2, 0.25) is 26.0 Å². The number of amides is 1. The number of carboxylic acid groups (broad SMARTS) is 1. The largest absolute Gasteiger partial charge is 0.497 e. The molecule has 2 aromatic carbocycles. The molecule has 2 unspecified atom stereocenters. The first-order chi connectivity index (χ1) is 41.8. The molecule has 10 heterocycles. The Morgan fingerprint density at radius 1 is 0.563 bits per heavy atom. The Hall–Kier alpha value is -6.86. The number of benzene rings is 2. The quantitative estimate of drug-likeness (QED) is 0.0963. The molecule has 6 aromatic rings. The van der Waals surface area contributed by atoms with E-state index < -0.39 is 44.7 Å². The highest BCUT2D eigenvalue weighted by molar-refractivity contribution is 7.89. The number of nitrogens with zero attached hydrogens (tertiary/aromatic N) is 9. The summed E-state index contributed by atoms with van der Waals surface area (Å²) in [4.78, 5) is 39.6. The minimum Gasteiger partial charge on any atom is -0.497 e. The lowest BCUT2D eigenvalue weighted by atomic mass is 9.78. The highest BCUT2D eigenvalue weighted by Crippen LogP contribution is 2.43. The van der Waals surface area contributed by atoms with E-state index in [1.807, 2.05) is 70.9 Å². The van der Waals surface area contributed by atoms with Crippen molar-refractivity contribution in [2.24, 2.45) is 10.8 Å². The van der Waals surface area contributed by atoms with Gasteiger partial charge in [-0.1, -0.05) is 0 Å². The lowest BCUT2D eigenvalue weighted by molar-refractivity contribution is -0.142. The number of aryl methyl sites for hydroxylation is 4. The molecule has 6 aliphatic rings. The number of aromatic nitrogens is 4. The first-order valence-corrected chi connectivity index (χ1v) is 33.0. The number of likely N-dealkylation sites (tertiary alicyclic amines) is 1. The maximum atomic E-state index is 14.1. The lowest BCUT2D eigenvalue weighted by Gasteiger charge is -2.39. The molecule has 0 saturated carbocycles. The fourth-order valence-electron chi connectivity index (χ4n) is 13.9. The number of anilines is 2. The molecule has 0 bridgehead atoms. The fraction of sp³-hybridized carbons (Fsp3) is 0.500. The van der Waals surface area contributed by atoms with E-state index in [2.05, 4.69) is 53.9 Å². The summed E-state index contributed by atoms with van der Waals surface area (Å²) in [6, 6.07) is 21.7. The van der Waals surface area contributed by atoms with Crippen molar-refractivity contribution in [1.29, 1.82) is 0 Å². The van der Waals surface area contributed by atoms with Crippen molar-refractivity contribution >= 4 is 43.3 Å². The zero-order valence-electron chi connectivity index (χ0n) is 51.0. The Morgan fingerprint density at radius 2 is 0.966 bits per heavy atom. The van der Waals surface area contributed by atoms with Crippen LogP contribution in [0.4, 0.5) is 11.4 Å². The first kappa shape index (κ1) is 63.2. The highest BCUT2D eigenvalue weighted by Gasteiger charge is 2.44. The van der Waals surface area contributed by atoms with Crippen LogP contribution in [0.25, 0.3) is 0 Å². The van der Waals surface area contributed by atoms with E-state index in [0.29, 0.717) is 63.7 Å². The summed E-state index contributed by atoms with van der Waals surface area (Å²) in [6.07, 6.45) is 18.4. The lowest BCUT2D eigenvalue weighted by Crippen LogP contribution is -2.46. The van der Waals surface area contributed by atoms with Crippen LogP contribution in [0.3, 0.4) is 0 Å². The Morgan fingerprint density at radius 3 is 1.38 bits per heavy atom. The van der Waals surface area contributed by atoms with Crippen LogP contribution in [-0.4, -0.2) is 173 Å². The van der Waals surface area contributed by atoms with Gasteiger partial charge in [-0.15, -0.1) is 0 Å². The van der Waals surface area contributed by atoms with Gasteiger partial charge in [0.1, 0.15) is 24.7 Å². The molecule has 0 radical (unpaired) electrons. The second kappa shape index (κ2) is 27.3. The van der Waals surface area contributed by atoms with Crippen LogP contribution in [0.2, 0.25) is 0 Å². The molecular formula is C64H84N10O11S2. The Labute approximate surface area is 512 Å². The maximum absolute atomic E-state index is 14.1. The Kier molecular flexibility index (Phi) is 19.8. The van der Waals surface area contributed by atoms with Gasteiger partial charge in [-0.05, 0) is 185 Å². The molecule has 6 aliphatic heterocycles. The van der Waals surface area contributed by atoms with Gasteiger partial charge in [0.25, 0.3) is 0 Å². The van der Waals surface area contributed by atoms with E-state index in [0.717, 1.165) is 56.8 Å². The molecule has 0 aliphatic carbocycles. The number of pyridine rings is 2. The van der Waals surface area contributed by atoms with Gasteiger partial charge in [-0.2, -0.15) is 8.61 Å². The number of hydrogen-bond acceptors (Lipinski definition) is 15. The summed E-state index contributed by atoms with van der Waals surface area (Å²) in [5, 5.41) is 12.3. The van der Waals surface area contributed by atoms with E-state index >= 15 is 0 Å². The fourth-order valence-corrected chi connectivity index (χ4v) is 17.9. The number of methoxy groups -OCH3 is 2. The van der Waals surface area contributed by atoms with E-state index in [1.165, 1.54) is 72.5 Å². The number of rotatable bonds is 16. The highest BCUT2D eigenvalue weighted by atomic mass is 32.2. The van der Waals surface area contributed by atoms with Crippen LogP contribution >= 0.6 is 0 Å². The zero-order chi connectivity index (χ0) is 61.5. The molecule has 87 heavy (non-hydrogen) atoms. The van der Waals surface area contributed by atoms with Crippen LogP contribution in [0.1, 0.15) is 84.3 Å². The van der Waals surface area contributed by atoms with Crippen molar-refractivity contribution in [3.05, 3.63) is 144 Å². The van der Waals surface area contributed by atoms with Gasteiger partial charge in [0, 0.05) is 125 Å². The third-order valence-corrected chi connectivity index (χ3v) is 22.9. The minimum atomic E-state index is -3.85. The van der Waals surface area contributed by atoms with Gasteiger partial charge < -0.3 is 53.2 Å².